The van der Waals surface area contributed by atoms with Crippen LogP contribution in [0.2, 0.25) is 0 Å². The van der Waals surface area contributed by atoms with Crippen LogP contribution in [0.1, 0.15) is 96.8 Å². The summed E-state index contributed by atoms with van der Waals surface area (Å²) in [5, 5.41) is 0. The van der Waals surface area contributed by atoms with E-state index in [0.717, 1.165) is 12.8 Å². The Morgan fingerprint density at radius 3 is 1.48 bits per heavy atom. The molecule has 0 spiro atoms. The van der Waals surface area contributed by atoms with Gasteiger partial charge in [0.2, 0.25) is 0 Å². The molecule has 0 aromatic heterocycles. The fraction of sp³-hybridized carbons (Fsp3) is 0.889. The molecule has 0 aromatic rings. The van der Waals surface area contributed by atoms with E-state index in [-0.39, 0.29) is 35.3 Å². The minimum atomic E-state index is -4.08. The molecule has 0 atom stereocenters. The molecule has 5 heteroatoms. The van der Waals surface area contributed by atoms with E-state index in [1.54, 1.807) is 0 Å². The number of allylic oxidation sites excluding steroid dienone is 1. The summed E-state index contributed by atoms with van der Waals surface area (Å²) >= 11 is 0. The smallest absolute Gasteiger partial charge is 0.748 e. The van der Waals surface area contributed by atoms with Gasteiger partial charge in [-0.25, -0.2) is 8.42 Å². The SMILES string of the molecule is CCCCCCCCCCCCCCCC=CCS(=O)(=O)[O-].[Na+]. The van der Waals surface area contributed by atoms with E-state index in [4.69, 9.17) is 0 Å². The fourth-order valence-corrected chi connectivity index (χ4v) is 2.96. The molecule has 0 unspecified atom stereocenters. The van der Waals surface area contributed by atoms with Gasteiger partial charge in [-0.15, -0.1) is 0 Å². The van der Waals surface area contributed by atoms with Crippen LogP contribution >= 0.6 is 0 Å². The molecule has 0 N–H and O–H groups in total. The Morgan fingerprint density at radius 2 is 1.09 bits per heavy atom. The molecule has 0 aromatic carbocycles. The van der Waals surface area contributed by atoms with Crippen LogP contribution in [0.5, 0.6) is 0 Å². The molecule has 0 bridgehead atoms. The molecule has 0 saturated heterocycles. The Morgan fingerprint density at radius 1 is 0.696 bits per heavy atom. The first kappa shape index (κ1) is 25.9. The van der Waals surface area contributed by atoms with Crippen LogP contribution in [0.15, 0.2) is 12.2 Å². The van der Waals surface area contributed by atoms with Crippen LogP contribution in [-0.4, -0.2) is 18.7 Å². The summed E-state index contributed by atoms with van der Waals surface area (Å²) < 4.78 is 31.1. The zero-order valence-electron chi connectivity index (χ0n) is 15.4. The maximum atomic E-state index is 10.4. The van der Waals surface area contributed by atoms with Gasteiger partial charge in [-0.2, -0.15) is 0 Å². The van der Waals surface area contributed by atoms with Gasteiger partial charge in [0.05, 0.1) is 15.9 Å². The predicted molar refractivity (Wildman–Crippen MR) is 94.0 cm³/mol. The van der Waals surface area contributed by atoms with E-state index >= 15 is 0 Å². The van der Waals surface area contributed by atoms with Crippen molar-refractivity contribution in [1.29, 1.82) is 0 Å². The van der Waals surface area contributed by atoms with E-state index in [2.05, 4.69) is 6.92 Å². The van der Waals surface area contributed by atoms with E-state index in [1.807, 2.05) is 6.08 Å². The van der Waals surface area contributed by atoms with Gasteiger partial charge in [0.15, 0.2) is 0 Å². The van der Waals surface area contributed by atoms with E-state index in [0.29, 0.717) is 0 Å². The molecule has 3 nitrogen and oxygen atoms in total. The first-order valence-corrected chi connectivity index (χ1v) is 10.7. The first-order chi connectivity index (χ1) is 10.6. The average Bonchev–Trinajstić information content (AvgIpc) is 2.45. The van der Waals surface area contributed by atoms with Crippen molar-refractivity contribution in [1.82, 2.24) is 0 Å². The minimum absolute atomic E-state index is 0. The third-order valence-corrected chi connectivity index (χ3v) is 4.54. The normalized spacial score (nSPS) is 11.7. The topological polar surface area (TPSA) is 57.2 Å². The first-order valence-electron chi connectivity index (χ1n) is 9.15. The Labute approximate surface area is 166 Å². The van der Waals surface area contributed by atoms with Gasteiger partial charge in [0.25, 0.3) is 0 Å². The minimum Gasteiger partial charge on any atom is -0.748 e. The molecule has 0 heterocycles. The predicted octanol–water partition coefficient (Wildman–Crippen LogP) is 2.57. The molecule has 132 valence electrons. The van der Waals surface area contributed by atoms with Gasteiger partial charge >= 0.3 is 29.6 Å². The fourth-order valence-electron chi connectivity index (χ4n) is 2.58. The van der Waals surface area contributed by atoms with Crippen LogP contribution in [0.4, 0.5) is 0 Å². The van der Waals surface area contributed by atoms with Crippen molar-refractivity contribution < 1.29 is 42.5 Å². The summed E-state index contributed by atoms with van der Waals surface area (Å²) in [6.07, 6.45) is 21.5. The maximum Gasteiger partial charge on any atom is 1.00 e. The second-order valence-electron chi connectivity index (χ2n) is 6.23. The third kappa shape index (κ3) is 25.0. The third-order valence-electron chi connectivity index (χ3n) is 3.94. The summed E-state index contributed by atoms with van der Waals surface area (Å²) in [7, 11) is -4.08. The Balaban J connectivity index is 0. The van der Waals surface area contributed by atoms with Crippen molar-refractivity contribution in [2.75, 3.05) is 5.75 Å². The largest absolute Gasteiger partial charge is 1.00 e. The molecule has 23 heavy (non-hydrogen) atoms. The Hall–Kier alpha value is 0.650. The molecule has 0 amide bonds. The Kier molecular flexibility index (Phi) is 21.4. The van der Waals surface area contributed by atoms with Crippen molar-refractivity contribution >= 4 is 10.1 Å². The molecule has 0 aliphatic rings. The summed E-state index contributed by atoms with van der Waals surface area (Å²) in [5.74, 6) is -0.370. The van der Waals surface area contributed by atoms with Crippen LogP contribution in [0, 0.1) is 0 Å². The number of hydrogen-bond donors (Lipinski definition) is 0. The zero-order valence-corrected chi connectivity index (χ0v) is 18.2. The second kappa shape index (κ2) is 19.0. The van der Waals surface area contributed by atoms with Crippen molar-refractivity contribution in [2.24, 2.45) is 0 Å². The molecule has 0 fully saturated rings. The monoisotopic (exact) mass is 354 g/mol. The molecule has 0 radical (unpaired) electrons. The van der Waals surface area contributed by atoms with Crippen LogP contribution in [-0.2, 0) is 10.1 Å². The molecule has 0 aliphatic heterocycles. The zero-order chi connectivity index (χ0) is 16.5. The van der Waals surface area contributed by atoms with Crippen LogP contribution in [0.25, 0.3) is 0 Å². The molecule has 0 saturated carbocycles. The summed E-state index contributed by atoms with van der Waals surface area (Å²) in [6.45, 7) is 2.26. The van der Waals surface area contributed by atoms with Crippen molar-refractivity contribution in [3.63, 3.8) is 0 Å². The molecule has 0 rings (SSSR count). The maximum absolute atomic E-state index is 10.4. The van der Waals surface area contributed by atoms with Crippen LogP contribution in [0.3, 0.4) is 0 Å². The number of hydrogen-bond acceptors (Lipinski definition) is 3. The Bertz CT molecular complexity index is 353. The van der Waals surface area contributed by atoms with Crippen molar-refractivity contribution in [3.8, 4) is 0 Å². The van der Waals surface area contributed by atoms with E-state index in [1.165, 1.54) is 83.1 Å². The van der Waals surface area contributed by atoms with E-state index < -0.39 is 10.1 Å². The van der Waals surface area contributed by atoms with Crippen LogP contribution < -0.4 is 29.6 Å². The van der Waals surface area contributed by atoms with Gasteiger partial charge < -0.3 is 4.55 Å². The van der Waals surface area contributed by atoms with Gasteiger partial charge in [-0.1, -0.05) is 96.1 Å². The van der Waals surface area contributed by atoms with Gasteiger partial charge in [0.1, 0.15) is 0 Å². The molecule has 0 aliphatic carbocycles. The average molecular weight is 355 g/mol. The van der Waals surface area contributed by atoms with E-state index in [9.17, 15) is 13.0 Å². The standard InChI is InChI=1S/C18H36O3S.Na/c1-2-3-4-5-6-7-8-9-10-11-12-13-14-15-16-17-18-22(19,20)21;/h16-17H,2-15,18H2,1H3,(H,19,20,21);/q;+1/p-1. The second-order valence-corrected chi connectivity index (χ2v) is 7.68. The number of unbranched alkanes of at least 4 members (excludes halogenated alkanes) is 13. The number of rotatable bonds is 16. The van der Waals surface area contributed by atoms with Crippen molar-refractivity contribution in [2.45, 2.75) is 96.8 Å². The summed E-state index contributed by atoms with van der Waals surface area (Å²) in [5.41, 5.74) is 0. The summed E-state index contributed by atoms with van der Waals surface area (Å²) in [4.78, 5) is 0. The quantitative estimate of drug-likeness (QED) is 0.185. The summed E-state index contributed by atoms with van der Waals surface area (Å²) in [6, 6.07) is 0. The van der Waals surface area contributed by atoms with Gasteiger partial charge in [-0.3, -0.25) is 0 Å². The van der Waals surface area contributed by atoms with Gasteiger partial charge in [-0.05, 0) is 12.8 Å². The molecular weight excluding hydrogens is 319 g/mol. The molecular formula is C18H35NaO3S. The van der Waals surface area contributed by atoms with Gasteiger partial charge in [0, 0.05) is 0 Å². The van der Waals surface area contributed by atoms with Crippen molar-refractivity contribution in [3.05, 3.63) is 12.2 Å².